The van der Waals surface area contributed by atoms with Crippen LogP contribution in [0.25, 0.3) is 0 Å². The highest BCUT2D eigenvalue weighted by Crippen LogP contribution is 2.21. The lowest BCUT2D eigenvalue weighted by atomic mass is 10.1. The summed E-state index contributed by atoms with van der Waals surface area (Å²) in [5.74, 6) is 0.204. The first-order valence-corrected chi connectivity index (χ1v) is 6.42. The monoisotopic (exact) mass is 303 g/mol. The number of aryl methyl sites for hydroxylation is 1. The molecule has 1 amide bonds. The highest BCUT2D eigenvalue weighted by atomic mass is 79.9. The molecule has 1 aromatic carbocycles. The van der Waals surface area contributed by atoms with Crippen molar-refractivity contribution in [2.45, 2.75) is 25.6 Å². The number of benzene rings is 1. The number of hydrogen-bond donors (Lipinski definition) is 1. The fourth-order valence-electron chi connectivity index (χ4n) is 1.18. The normalized spacial score (nSPS) is 12.6. The predicted molar refractivity (Wildman–Crippen MR) is 72.4 cm³/mol. The van der Waals surface area contributed by atoms with Crippen LogP contribution < -0.4 is 5.32 Å². The minimum absolute atomic E-state index is 0.0464. The van der Waals surface area contributed by atoms with E-state index in [2.05, 4.69) is 21.2 Å². The van der Waals surface area contributed by atoms with Crippen molar-refractivity contribution in [1.29, 1.82) is 0 Å². The number of nitrogens with one attached hydrogen (secondary N) is 1. The SMILES string of the molecule is Cc1ccc(NC(=O)C(Br)C(C)C)cc1Cl. The molecule has 0 spiro atoms. The number of hydrogen-bond acceptors (Lipinski definition) is 1. The minimum atomic E-state index is -0.187. The Hall–Kier alpha value is -0.540. The number of rotatable bonds is 3. The van der Waals surface area contributed by atoms with Crippen LogP contribution in [0, 0.1) is 12.8 Å². The number of anilines is 1. The van der Waals surface area contributed by atoms with Gasteiger partial charge in [-0.25, -0.2) is 0 Å². The number of halogens is 2. The summed E-state index contributed by atoms with van der Waals surface area (Å²) in [4.78, 5) is 11.6. The van der Waals surface area contributed by atoms with Gasteiger partial charge in [-0.15, -0.1) is 0 Å². The van der Waals surface area contributed by atoms with Crippen molar-refractivity contribution in [3.8, 4) is 0 Å². The molecule has 0 aliphatic carbocycles. The maximum Gasteiger partial charge on any atom is 0.238 e. The van der Waals surface area contributed by atoms with E-state index in [4.69, 9.17) is 11.6 Å². The van der Waals surface area contributed by atoms with Crippen LogP contribution in [0.4, 0.5) is 5.69 Å². The van der Waals surface area contributed by atoms with Gasteiger partial charge in [-0.2, -0.15) is 0 Å². The van der Waals surface area contributed by atoms with Crippen LogP contribution in [0.15, 0.2) is 18.2 Å². The molecule has 0 radical (unpaired) electrons. The third-order valence-electron chi connectivity index (χ3n) is 2.28. The van der Waals surface area contributed by atoms with Gasteiger partial charge < -0.3 is 5.32 Å². The molecule has 88 valence electrons. The Morgan fingerprint density at radius 2 is 2.06 bits per heavy atom. The molecule has 0 aliphatic heterocycles. The predicted octanol–water partition coefficient (Wildman–Crippen LogP) is 4.01. The maximum atomic E-state index is 11.7. The van der Waals surface area contributed by atoms with Crippen LogP contribution >= 0.6 is 27.5 Å². The van der Waals surface area contributed by atoms with Gasteiger partial charge in [0.15, 0.2) is 0 Å². The van der Waals surface area contributed by atoms with Gasteiger partial charge in [0, 0.05) is 10.7 Å². The van der Waals surface area contributed by atoms with Gasteiger partial charge in [-0.05, 0) is 30.5 Å². The summed E-state index contributed by atoms with van der Waals surface area (Å²) in [5, 5.41) is 3.48. The molecule has 1 unspecified atom stereocenters. The average molecular weight is 305 g/mol. The molecule has 16 heavy (non-hydrogen) atoms. The van der Waals surface area contributed by atoms with E-state index in [0.717, 1.165) is 11.3 Å². The quantitative estimate of drug-likeness (QED) is 0.840. The molecule has 2 nitrogen and oxygen atoms in total. The zero-order valence-corrected chi connectivity index (χ0v) is 11.9. The van der Waals surface area contributed by atoms with Crippen molar-refractivity contribution in [2.24, 2.45) is 5.92 Å². The lowest BCUT2D eigenvalue weighted by Gasteiger charge is -2.14. The van der Waals surface area contributed by atoms with Crippen LogP contribution in [-0.4, -0.2) is 10.7 Å². The van der Waals surface area contributed by atoms with E-state index in [1.165, 1.54) is 0 Å². The Morgan fingerprint density at radius 1 is 1.44 bits per heavy atom. The van der Waals surface area contributed by atoms with Gasteiger partial charge in [0.1, 0.15) is 0 Å². The third kappa shape index (κ3) is 3.49. The lowest BCUT2D eigenvalue weighted by Crippen LogP contribution is -2.26. The van der Waals surface area contributed by atoms with E-state index in [-0.39, 0.29) is 16.7 Å². The Morgan fingerprint density at radius 3 is 2.56 bits per heavy atom. The van der Waals surface area contributed by atoms with Crippen LogP contribution in [0.2, 0.25) is 5.02 Å². The molecule has 0 heterocycles. The molecule has 0 saturated carbocycles. The maximum absolute atomic E-state index is 11.7. The molecule has 4 heteroatoms. The number of carbonyl (C=O) groups is 1. The van der Waals surface area contributed by atoms with Gasteiger partial charge in [0.2, 0.25) is 5.91 Å². The molecule has 0 fully saturated rings. The van der Waals surface area contributed by atoms with Crippen molar-refractivity contribution in [3.05, 3.63) is 28.8 Å². The van der Waals surface area contributed by atoms with Crippen molar-refractivity contribution in [3.63, 3.8) is 0 Å². The van der Waals surface area contributed by atoms with Crippen LogP contribution in [-0.2, 0) is 4.79 Å². The number of alkyl halides is 1. The first kappa shape index (κ1) is 13.5. The summed E-state index contributed by atoms with van der Waals surface area (Å²) >= 11 is 9.33. The van der Waals surface area contributed by atoms with Gasteiger partial charge in [-0.1, -0.05) is 47.4 Å². The second-order valence-corrected chi connectivity index (χ2v) is 5.49. The summed E-state index contributed by atoms with van der Waals surface area (Å²) in [6, 6.07) is 5.49. The second-order valence-electron chi connectivity index (χ2n) is 4.10. The fourth-order valence-corrected chi connectivity index (χ4v) is 1.48. The van der Waals surface area contributed by atoms with Crippen molar-refractivity contribution < 1.29 is 4.79 Å². The molecule has 1 aromatic rings. The minimum Gasteiger partial charge on any atom is -0.325 e. The summed E-state index contributed by atoms with van der Waals surface area (Å²) < 4.78 is 0. The Bertz CT molecular complexity index is 393. The van der Waals surface area contributed by atoms with E-state index in [9.17, 15) is 4.79 Å². The Kier molecular flexibility index (Phi) is 4.81. The van der Waals surface area contributed by atoms with E-state index < -0.39 is 0 Å². The lowest BCUT2D eigenvalue weighted by molar-refractivity contribution is -0.116. The molecule has 0 saturated heterocycles. The fraction of sp³-hybridized carbons (Fsp3) is 0.417. The van der Waals surface area contributed by atoms with Gasteiger partial charge >= 0.3 is 0 Å². The summed E-state index contributed by atoms with van der Waals surface area (Å²) in [5.41, 5.74) is 1.73. The van der Waals surface area contributed by atoms with E-state index in [0.29, 0.717) is 5.02 Å². The van der Waals surface area contributed by atoms with Crippen LogP contribution in [0.5, 0.6) is 0 Å². The van der Waals surface area contributed by atoms with Gasteiger partial charge in [-0.3, -0.25) is 4.79 Å². The zero-order valence-electron chi connectivity index (χ0n) is 9.55. The number of amides is 1. The summed E-state index contributed by atoms with van der Waals surface area (Å²) in [6.45, 7) is 5.90. The highest BCUT2D eigenvalue weighted by molar-refractivity contribution is 9.10. The molecule has 0 aliphatic rings. The zero-order chi connectivity index (χ0) is 12.3. The Labute approximate surface area is 110 Å². The smallest absolute Gasteiger partial charge is 0.238 e. The second kappa shape index (κ2) is 5.69. The van der Waals surface area contributed by atoms with Crippen molar-refractivity contribution in [2.75, 3.05) is 5.32 Å². The van der Waals surface area contributed by atoms with Crippen molar-refractivity contribution >= 4 is 39.1 Å². The first-order valence-electron chi connectivity index (χ1n) is 5.13. The van der Waals surface area contributed by atoms with E-state index in [1.807, 2.05) is 32.9 Å². The topological polar surface area (TPSA) is 29.1 Å². The molecule has 0 aromatic heterocycles. The molecule has 1 atom stereocenters. The first-order chi connectivity index (χ1) is 7.41. The van der Waals surface area contributed by atoms with Gasteiger partial charge in [0.05, 0.1) is 4.83 Å². The summed E-state index contributed by atoms with van der Waals surface area (Å²) in [7, 11) is 0. The standard InChI is InChI=1S/C12H15BrClNO/c1-7(2)11(13)12(16)15-9-5-4-8(3)10(14)6-9/h4-7,11H,1-3H3,(H,15,16). The Balaban J connectivity index is 2.74. The highest BCUT2D eigenvalue weighted by Gasteiger charge is 2.18. The van der Waals surface area contributed by atoms with Gasteiger partial charge in [0.25, 0.3) is 0 Å². The molecule has 0 bridgehead atoms. The third-order valence-corrected chi connectivity index (χ3v) is 4.16. The van der Waals surface area contributed by atoms with Crippen LogP contribution in [0.3, 0.4) is 0 Å². The molecular formula is C12H15BrClNO. The molecular weight excluding hydrogens is 289 g/mol. The summed E-state index contributed by atoms with van der Waals surface area (Å²) in [6.07, 6.45) is 0. The van der Waals surface area contributed by atoms with E-state index in [1.54, 1.807) is 6.07 Å². The number of carbonyl (C=O) groups excluding carboxylic acids is 1. The largest absolute Gasteiger partial charge is 0.325 e. The molecule has 1 rings (SSSR count). The van der Waals surface area contributed by atoms with Crippen LogP contribution in [0.1, 0.15) is 19.4 Å². The van der Waals surface area contributed by atoms with E-state index >= 15 is 0 Å². The van der Waals surface area contributed by atoms with Crippen molar-refractivity contribution in [1.82, 2.24) is 0 Å². The average Bonchev–Trinajstić information content (AvgIpc) is 2.22. The molecule has 1 N–H and O–H groups in total.